The highest BCUT2D eigenvalue weighted by molar-refractivity contribution is 5.90. The molecule has 0 fully saturated rings. The number of ether oxygens (including phenoxy) is 1. The zero-order valence-corrected chi connectivity index (χ0v) is 14.6. The molecule has 0 spiro atoms. The number of rotatable bonds is 12. The van der Waals surface area contributed by atoms with Gasteiger partial charge in [0.1, 0.15) is 5.60 Å². The maximum Gasteiger partial charge on any atom is 0.378 e. The molecule has 0 saturated heterocycles. The molecule has 0 aliphatic carbocycles. The van der Waals surface area contributed by atoms with Gasteiger partial charge in [-0.15, -0.1) is 0 Å². The maximum absolute atomic E-state index is 11.7. The first-order valence-electron chi connectivity index (χ1n) is 8.76. The van der Waals surface area contributed by atoms with Gasteiger partial charge in [0, 0.05) is 6.42 Å². The van der Waals surface area contributed by atoms with Gasteiger partial charge in [0.05, 0.1) is 19.3 Å². The normalized spacial score (nSPS) is 24.3. The van der Waals surface area contributed by atoms with Crippen molar-refractivity contribution in [3.05, 3.63) is 11.5 Å². The molecule has 3 atom stereocenters. The van der Waals surface area contributed by atoms with E-state index in [2.05, 4.69) is 6.92 Å². The Morgan fingerprint density at radius 2 is 1.72 bits per heavy atom. The Morgan fingerprint density at radius 3 is 2.20 bits per heavy atom. The number of unbranched alkanes of at least 4 members (excludes halogenated alkanes) is 5. The van der Waals surface area contributed by atoms with Crippen LogP contribution in [0.5, 0.6) is 0 Å². The molecule has 1 rings (SSSR count). The summed E-state index contributed by atoms with van der Waals surface area (Å²) in [5.74, 6) is -3.07. The summed E-state index contributed by atoms with van der Waals surface area (Å²) in [6.07, 6.45) is 3.37. The molecule has 0 saturated carbocycles. The molecular formula is C17H30O8. The molecule has 0 radical (unpaired) electrons. The van der Waals surface area contributed by atoms with Crippen LogP contribution in [0.3, 0.4) is 0 Å². The maximum atomic E-state index is 11.7. The summed E-state index contributed by atoms with van der Waals surface area (Å²) in [6, 6.07) is 0. The van der Waals surface area contributed by atoms with Crippen LogP contribution in [0.2, 0.25) is 0 Å². The van der Waals surface area contributed by atoms with Gasteiger partial charge in [0.25, 0.3) is 0 Å². The monoisotopic (exact) mass is 362 g/mol. The third-order valence-electron chi connectivity index (χ3n) is 4.75. The number of carbonyl (C=O) groups is 1. The number of aliphatic hydroxyl groups is 6. The molecule has 1 unspecified atom stereocenters. The summed E-state index contributed by atoms with van der Waals surface area (Å²) in [5, 5.41) is 59.1. The Balaban J connectivity index is 2.98. The lowest BCUT2D eigenvalue weighted by molar-refractivity contribution is -0.203. The van der Waals surface area contributed by atoms with Crippen molar-refractivity contribution in [3.63, 3.8) is 0 Å². The highest BCUT2D eigenvalue weighted by atomic mass is 16.6. The summed E-state index contributed by atoms with van der Waals surface area (Å²) >= 11 is 0. The summed E-state index contributed by atoms with van der Waals surface area (Å²) in [6.45, 7) is 0.469. The Morgan fingerprint density at radius 1 is 1.12 bits per heavy atom. The SMILES string of the molecule is CCCCCCCC[C@]1([C@@](O)(CO)CC(O)CO)OC(=O)C(O)=C1O. The van der Waals surface area contributed by atoms with E-state index in [1.807, 2.05) is 0 Å². The highest BCUT2D eigenvalue weighted by Crippen LogP contribution is 2.45. The van der Waals surface area contributed by atoms with Crippen molar-refractivity contribution in [2.45, 2.75) is 75.6 Å². The van der Waals surface area contributed by atoms with Crippen LogP contribution in [0, 0.1) is 0 Å². The Labute approximate surface area is 147 Å². The largest absolute Gasteiger partial charge is 0.505 e. The Hall–Kier alpha value is -1.35. The number of cyclic esters (lactones) is 1. The van der Waals surface area contributed by atoms with Gasteiger partial charge in [-0.05, 0) is 12.8 Å². The van der Waals surface area contributed by atoms with Crippen molar-refractivity contribution in [2.75, 3.05) is 13.2 Å². The first-order valence-corrected chi connectivity index (χ1v) is 8.76. The van der Waals surface area contributed by atoms with E-state index < -0.39 is 54.4 Å². The topological polar surface area (TPSA) is 148 Å². The minimum absolute atomic E-state index is 0.0318. The third kappa shape index (κ3) is 4.63. The first-order chi connectivity index (χ1) is 11.8. The van der Waals surface area contributed by atoms with Crippen LogP contribution in [0.1, 0.15) is 58.3 Å². The first kappa shape index (κ1) is 21.7. The van der Waals surface area contributed by atoms with Crippen LogP contribution in [0.25, 0.3) is 0 Å². The lowest BCUT2D eigenvalue weighted by Gasteiger charge is -2.42. The fourth-order valence-electron chi connectivity index (χ4n) is 3.23. The molecule has 25 heavy (non-hydrogen) atoms. The molecule has 8 heteroatoms. The minimum Gasteiger partial charge on any atom is -0.505 e. The number of aliphatic hydroxyl groups excluding tert-OH is 5. The Bertz CT molecular complexity index is 477. The lowest BCUT2D eigenvalue weighted by atomic mass is 9.75. The standard InChI is InChI=1S/C17H30O8/c1-2-3-4-5-6-7-8-17(14(22)13(21)15(23)25-17)16(24,11-19)9-12(20)10-18/h12,18-22,24H,2-11H2,1H3/t12?,16-,17-/m0/s1. The van der Waals surface area contributed by atoms with Gasteiger partial charge < -0.3 is 35.4 Å². The molecular weight excluding hydrogens is 332 g/mol. The van der Waals surface area contributed by atoms with Gasteiger partial charge in [-0.3, -0.25) is 0 Å². The van der Waals surface area contributed by atoms with Gasteiger partial charge in [-0.2, -0.15) is 0 Å². The smallest absolute Gasteiger partial charge is 0.378 e. The van der Waals surface area contributed by atoms with Crippen LogP contribution < -0.4 is 0 Å². The van der Waals surface area contributed by atoms with E-state index in [-0.39, 0.29) is 6.42 Å². The van der Waals surface area contributed by atoms with E-state index in [0.29, 0.717) is 6.42 Å². The van der Waals surface area contributed by atoms with Crippen LogP contribution >= 0.6 is 0 Å². The van der Waals surface area contributed by atoms with Gasteiger partial charge in [0.15, 0.2) is 5.76 Å². The van der Waals surface area contributed by atoms with Crippen molar-refractivity contribution >= 4 is 5.97 Å². The zero-order valence-electron chi connectivity index (χ0n) is 14.6. The van der Waals surface area contributed by atoms with E-state index in [0.717, 1.165) is 32.1 Å². The van der Waals surface area contributed by atoms with Crippen LogP contribution in [0.15, 0.2) is 11.5 Å². The average Bonchev–Trinajstić information content (AvgIpc) is 2.82. The van der Waals surface area contributed by atoms with E-state index in [9.17, 15) is 30.3 Å². The average molecular weight is 362 g/mol. The van der Waals surface area contributed by atoms with Crippen molar-refractivity contribution in [1.82, 2.24) is 0 Å². The second-order valence-corrected chi connectivity index (χ2v) is 6.66. The quantitative estimate of drug-likeness (QED) is 0.221. The van der Waals surface area contributed by atoms with Crippen molar-refractivity contribution in [2.24, 2.45) is 0 Å². The molecule has 0 bridgehead atoms. The molecule has 1 aliphatic rings. The van der Waals surface area contributed by atoms with Gasteiger partial charge in [0.2, 0.25) is 11.4 Å². The van der Waals surface area contributed by atoms with Crippen LogP contribution in [0.4, 0.5) is 0 Å². The van der Waals surface area contributed by atoms with Gasteiger partial charge >= 0.3 is 5.97 Å². The fraction of sp³-hybridized carbons (Fsp3) is 0.824. The number of hydrogen-bond acceptors (Lipinski definition) is 8. The van der Waals surface area contributed by atoms with Crippen molar-refractivity contribution in [1.29, 1.82) is 0 Å². The Kier molecular flexibility index (Phi) is 8.14. The summed E-state index contributed by atoms with van der Waals surface area (Å²) in [5.41, 5.74) is -4.30. The van der Waals surface area contributed by atoms with Crippen molar-refractivity contribution < 1.29 is 40.2 Å². The minimum atomic E-state index is -2.25. The molecule has 1 aliphatic heterocycles. The highest BCUT2D eigenvalue weighted by Gasteiger charge is 2.62. The van der Waals surface area contributed by atoms with Crippen LogP contribution in [-0.2, 0) is 9.53 Å². The predicted molar refractivity (Wildman–Crippen MR) is 88.8 cm³/mol. The van der Waals surface area contributed by atoms with Gasteiger partial charge in [-0.25, -0.2) is 4.79 Å². The summed E-state index contributed by atoms with van der Waals surface area (Å²) < 4.78 is 5.09. The summed E-state index contributed by atoms with van der Waals surface area (Å²) in [7, 11) is 0. The number of hydrogen-bond donors (Lipinski definition) is 6. The summed E-state index contributed by atoms with van der Waals surface area (Å²) in [4.78, 5) is 11.7. The molecule has 8 nitrogen and oxygen atoms in total. The molecule has 1 heterocycles. The fourth-order valence-corrected chi connectivity index (χ4v) is 3.23. The molecule has 6 N–H and O–H groups in total. The lowest BCUT2D eigenvalue weighted by Crippen LogP contribution is -2.60. The predicted octanol–water partition coefficient (Wildman–Crippen LogP) is 0.827. The molecule has 146 valence electrons. The number of esters is 1. The van der Waals surface area contributed by atoms with Gasteiger partial charge in [-0.1, -0.05) is 39.0 Å². The van der Waals surface area contributed by atoms with Crippen molar-refractivity contribution in [3.8, 4) is 0 Å². The van der Waals surface area contributed by atoms with Crippen LogP contribution in [-0.4, -0.2) is 67.1 Å². The number of carbonyl (C=O) groups excluding carboxylic acids is 1. The van der Waals surface area contributed by atoms with E-state index in [4.69, 9.17) is 9.84 Å². The van der Waals surface area contributed by atoms with E-state index in [1.165, 1.54) is 0 Å². The second-order valence-electron chi connectivity index (χ2n) is 6.66. The second kappa shape index (κ2) is 9.38. The zero-order chi connectivity index (χ0) is 19.1. The van der Waals surface area contributed by atoms with E-state index >= 15 is 0 Å². The molecule has 0 aromatic carbocycles. The molecule has 0 aromatic heterocycles. The van der Waals surface area contributed by atoms with E-state index in [1.54, 1.807) is 0 Å². The molecule has 0 aromatic rings. The third-order valence-corrected chi connectivity index (χ3v) is 4.75. The molecule has 0 amide bonds.